The lowest BCUT2D eigenvalue weighted by molar-refractivity contribution is 0.0636. The molecule has 0 aliphatic carbocycles. The normalized spacial score (nSPS) is 10.4. The van der Waals surface area contributed by atoms with Gasteiger partial charge in [-0.25, -0.2) is 4.79 Å². The van der Waals surface area contributed by atoms with E-state index >= 15 is 0 Å². The molecule has 1 amide bonds. The van der Waals surface area contributed by atoms with Gasteiger partial charge in [0, 0.05) is 0 Å². The fourth-order valence-corrected chi connectivity index (χ4v) is 1.27. The summed E-state index contributed by atoms with van der Waals surface area (Å²) in [6.07, 6.45) is -0.593. The van der Waals surface area contributed by atoms with Crippen LogP contribution in [0.2, 0.25) is 0 Å². The minimum absolute atomic E-state index is 0.320. The zero-order valence-corrected chi connectivity index (χ0v) is 10.9. The van der Waals surface area contributed by atoms with Gasteiger partial charge in [0.05, 0.1) is 18.4 Å². The Morgan fingerprint density at radius 3 is 2.56 bits per heavy atom. The Morgan fingerprint density at radius 2 is 2.06 bits per heavy atom. The Morgan fingerprint density at radius 1 is 1.39 bits per heavy atom. The van der Waals surface area contributed by atoms with Crippen molar-refractivity contribution < 1.29 is 14.3 Å². The van der Waals surface area contributed by atoms with Crippen molar-refractivity contribution in [1.29, 1.82) is 5.26 Å². The fourth-order valence-electron chi connectivity index (χ4n) is 1.27. The minimum Gasteiger partial charge on any atom is -0.497 e. The largest absolute Gasteiger partial charge is 0.497 e. The van der Waals surface area contributed by atoms with E-state index in [9.17, 15) is 4.79 Å². The summed E-state index contributed by atoms with van der Waals surface area (Å²) in [5.41, 5.74) is 0.136. The van der Waals surface area contributed by atoms with Crippen LogP contribution in [0.3, 0.4) is 0 Å². The van der Waals surface area contributed by atoms with Gasteiger partial charge in [0.25, 0.3) is 0 Å². The molecule has 0 atom stereocenters. The van der Waals surface area contributed by atoms with Gasteiger partial charge < -0.3 is 9.47 Å². The number of methoxy groups -OCH3 is 1. The number of benzene rings is 1. The number of nitrogens with zero attached hydrogens (tertiary/aromatic N) is 1. The number of nitrogens with one attached hydrogen (secondary N) is 1. The molecule has 0 unspecified atom stereocenters. The smallest absolute Gasteiger partial charge is 0.412 e. The minimum atomic E-state index is -0.593. The van der Waals surface area contributed by atoms with Crippen LogP contribution < -0.4 is 10.1 Å². The van der Waals surface area contributed by atoms with Crippen molar-refractivity contribution in [3.8, 4) is 11.8 Å². The second-order valence-electron chi connectivity index (χ2n) is 4.65. The molecule has 5 heteroatoms. The van der Waals surface area contributed by atoms with Crippen LogP contribution in [0.5, 0.6) is 5.75 Å². The Bertz CT molecular complexity index is 484. The average Bonchev–Trinajstić information content (AvgIpc) is 2.27. The summed E-state index contributed by atoms with van der Waals surface area (Å²) in [4.78, 5) is 11.6. The van der Waals surface area contributed by atoms with Gasteiger partial charge in [-0.05, 0) is 39.0 Å². The number of carbonyl (C=O) groups is 1. The molecule has 18 heavy (non-hydrogen) atoms. The number of rotatable bonds is 2. The van der Waals surface area contributed by atoms with E-state index in [-0.39, 0.29) is 0 Å². The maximum Gasteiger partial charge on any atom is 0.412 e. The number of amides is 1. The Labute approximate surface area is 106 Å². The summed E-state index contributed by atoms with van der Waals surface area (Å²) in [5, 5.41) is 11.5. The zero-order chi connectivity index (χ0) is 13.8. The average molecular weight is 248 g/mol. The second-order valence-corrected chi connectivity index (χ2v) is 4.65. The highest BCUT2D eigenvalue weighted by Crippen LogP contribution is 2.22. The van der Waals surface area contributed by atoms with Crippen molar-refractivity contribution >= 4 is 11.8 Å². The van der Waals surface area contributed by atoms with E-state index in [0.717, 1.165) is 0 Å². The van der Waals surface area contributed by atoms with Crippen molar-refractivity contribution in [3.05, 3.63) is 23.8 Å². The first-order valence-corrected chi connectivity index (χ1v) is 5.44. The first-order chi connectivity index (χ1) is 8.35. The van der Waals surface area contributed by atoms with E-state index in [1.807, 2.05) is 6.07 Å². The van der Waals surface area contributed by atoms with Crippen LogP contribution in [0.4, 0.5) is 10.5 Å². The van der Waals surface area contributed by atoms with Gasteiger partial charge in [-0.3, -0.25) is 5.32 Å². The molecule has 1 aromatic carbocycles. The quantitative estimate of drug-likeness (QED) is 0.873. The molecule has 1 aromatic rings. The van der Waals surface area contributed by atoms with E-state index in [1.165, 1.54) is 7.11 Å². The molecule has 0 saturated carbocycles. The predicted octanol–water partition coefficient (Wildman–Crippen LogP) is 2.91. The van der Waals surface area contributed by atoms with Crippen LogP contribution >= 0.6 is 0 Å². The molecule has 1 N–H and O–H groups in total. The summed E-state index contributed by atoms with van der Waals surface area (Å²) < 4.78 is 10.1. The fraction of sp³-hybridized carbons (Fsp3) is 0.385. The van der Waals surface area contributed by atoms with E-state index in [4.69, 9.17) is 14.7 Å². The first-order valence-electron chi connectivity index (χ1n) is 5.44. The highest BCUT2D eigenvalue weighted by Gasteiger charge is 2.17. The van der Waals surface area contributed by atoms with Gasteiger partial charge in [0.1, 0.15) is 17.4 Å². The van der Waals surface area contributed by atoms with Crippen molar-refractivity contribution in [2.75, 3.05) is 12.4 Å². The lowest BCUT2D eigenvalue weighted by atomic mass is 10.2. The van der Waals surface area contributed by atoms with Crippen LogP contribution in [0.1, 0.15) is 26.3 Å². The number of ether oxygens (including phenoxy) is 2. The summed E-state index contributed by atoms with van der Waals surface area (Å²) in [7, 11) is 1.51. The van der Waals surface area contributed by atoms with E-state index in [2.05, 4.69) is 5.32 Å². The highest BCUT2D eigenvalue weighted by atomic mass is 16.6. The van der Waals surface area contributed by atoms with Gasteiger partial charge in [-0.2, -0.15) is 5.26 Å². The Hall–Kier alpha value is -2.22. The van der Waals surface area contributed by atoms with Crippen molar-refractivity contribution in [3.63, 3.8) is 0 Å². The molecule has 0 heterocycles. The van der Waals surface area contributed by atoms with Crippen LogP contribution in [0.25, 0.3) is 0 Å². The Balaban J connectivity index is 2.85. The molecule has 0 spiro atoms. The van der Waals surface area contributed by atoms with Crippen molar-refractivity contribution in [2.45, 2.75) is 26.4 Å². The number of hydrogen-bond donors (Lipinski definition) is 1. The highest BCUT2D eigenvalue weighted by molar-refractivity contribution is 5.87. The van der Waals surface area contributed by atoms with Crippen LogP contribution in [0.15, 0.2) is 18.2 Å². The molecule has 0 aromatic heterocycles. The molecule has 0 saturated heterocycles. The van der Waals surface area contributed by atoms with Crippen LogP contribution in [-0.4, -0.2) is 18.8 Å². The second kappa shape index (κ2) is 5.41. The number of carbonyl (C=O) groups excluding carboxylic acids is 1. The van der Waals surface area contributed by atoms with Crippen molar-refractivity contribution in [1.82, 2.24) is 0 Å². The van der Waals surface area contributed by atoms with Crippen LogP contribution in [-0.2, 0) is 4.74 Å². The molecule has 0 fully saturated rings. The van der Waals surface area contributed by atoms with E-state index in [0.29, 0.717) is 17.0 Å². The summed E-state index contributed by atoms with van der Waals surface area (Å²) in [6.45, 7) is 5.31. The molecular weight excluding hydrogens is 232 g/mol. The predicted molar refractivity (Wildman–Crippen MR) is 67.6 cm³/mol. The summed E-state index contributed by atoms with van der Waals surface area (Å²) >= 11 is 0. The maximum atomic E-state index is 11.6. The number of anilines is 1. The lowest BCUT2D eigenvalue weighted by Crippen LogP contribution is -2.27. The topological polar surface area (TPSA) is 71.3 Å². The monoisotopic (exact) mass is 248 g/mol. The zero-order valence-electron chi connectivity index (χ0n) is 10.9. The first kappa shape index (κ1) is 13.8. The third kappa shape index (κ3) is 3.98. The standard InChI is InChI=1S/C13H16N2O3/c1-13(2,3)18-12(16)15-11-6-5-10(17-4)7-9(11)8-14/h5-7H,1-4H3,(H,15,16). The molecular formula is C13H16N2O3. The van der Waals surface area contributed by atoms with Gasteiger partial charge in [-0.15, -0.1) is 0 Å². The van der Waals surface area contributed by atoms with Crippen molar-refractivity contribution in [2.24, 2.45) is 0 Å². The van der Waals surface area contributed by atoms with E-state index < -0.39 is 11.7 Å². The SMILES string of the molecule is COc1ccc(NC(=O)OC(C)(C)C)c(C#N)c1. The van der Waals surface area contributed by atoms with E-state index in [1.54, 1.807) is 39.0 Å². The molecule has 0 aliphatic rings. The third-order valence-corrected chi connectivity index (χ3v) is 1.98. The molecule has 5 nitrogen and oxygen atoms in total. The maximum absolute atomic E-state index is 11.6. The number of hydrogen-bond acceptors (Lipinski definition) is 4. The molecule has 1 rings (SSSR count). The van der Waals surface area contributed by atoms with Gasteiger partial charge in [-0.1, -0.05) is 0 Å². The van der Waals surface area contributed by atoms with Gasteiger partial charge in [0.15, 0.2) is 0 Å². The molecule has 0 radical (unpaired) electrons. The summed E-state index contributed by atoms with van der Waals surface area (Å²) in [6, 6.07) is 6.80. The van der Waals surface area contributed by atoms with Gasteiger partial charge >= 0.3 is 6.09 Å². The Kier molecular flexibility index (Phi) is 4.16. The van der Waals surface area contributed by atoms with Gasteiger partial charge in [0.2, 0.25) is 0 Å². The number of nitriles is 1. The molecule has 96 valence electrons. The third-order valence-electron chi connectivity index (χ3n) is 1.98. The molecule has 0 aliphatic heterocycles. The van der Waals surface area contributed by atoms with Crippen LogP contribution in [0, 0.1) is 11.3 Å². The lowest BCUT2D eigenvalue weighted by Gasteiger charge is -2.20. The summed E-state index contributed by atoms with van der Waals surface area (Å²) in [5.74, 6) is 0.557. The molecule has 0 bridgehead atoms.